The highest BCUT2D eigenvalue weighted by atomic mass is 35.5. The van der Waals surface area contributed by atoms with E-state index in [0.717, 1.165) is 28.4 Å². The fourth-order valence-electron chi connectivity index (χ4n) is 2.32. The van der Waals surface area contributed by atoms with E-state index in [4.69, 9.17) is 16.3 Å². The van der Waals surface area contributed by atoms with Crippen molar-refractivity contribution in [1.82, 2.24) is 10.3 Å². The Morgan fingerprint density at radius 2 is 2.00 bits per heavy atom. The molecule has 2 rings (SSSR count). The van der Waals surface area contributed by atoms with E-state index in [9.17, 15) is 0 Å². The highest BCUT2D eigenvalue weighted by molar-refractivity contribution is 6.31. The van der Waals surface area contributed by atoms with Crippen molar-refractivity contribution in [2.75, 3.05) is 13.2 Å². The first kappa shape index (κ1) is 15.8. The van der Waals surface area contributed by atoms with Gasteiger partial charge in [0.25, 0.3) is 0 Å². The lowest BCUT2D eigenvalue weighted by atomic mass is 9.98. The lowest BCUT2D eigenvalue weighted by Crippen LogP contribution is -2.22. The lowest BCUT2D eigenvalue weighted by molar-refractivity contribution is 0.338. The van der Waals surface area contributed by atoms with Crippen molar-refractivity contribution in [3.63, 3.8) is 0 Å². The predicted octanol–water partition coefficient (Wildman–Crippen LogP) is 4.14. The summed E-state index contributed by atoms with van der Waals surface area (Å²) in [6.07, 6.45) is 3.61. The minimum atomic E-state index is 0.0823. The molecule has 112 valence electrons. The molecular formula is C17H21ClN2O. The van der Waals surface area contributed by atoms with Gasteiger partial charge in [0, 0.05) is 11.2 Å². The molecule has 1 unspecified atom stereocenters. The van der Waals surface area contributed by atoms with Crippen LogP contribution in [0.25, 0.3) is 0 Å². The summed E-state index contributed by atoms with van der Waals surface area (Å²) in [5.74, 6) is 0.795. The maximum atomic E-state index is 6.12. The zero-order valence-corrected chi connectivity index (χ0v) is 13.4. The molecule has 0 amide bonds. The van der Waals surface area contributed by atoms with E-state index in [1.807, 2.05) is 32.2 Å². The molecule has 2 aromatic rings. The topological polar surface area (TPSA) is 34.2 Å². The number of aromatic nitrogens is 1. The number of hydrogen-bond acceptors (Lipinski definition) is 3. The molecule has 1 heterocycles. The largest absolute Gasteiger partial charge is 0.492 e. The summed E-state index contributed by atoms with van der Waals surface area (Å²) >= 11 is 6.12. The third kappa shape index (κ3) is 3.96. The number of hydrogen-bond donors (Lipinski definition) is 1. The summed E-state index contributed by atoms with van der Waals surface area (Å²) in [6, 6.07) is 8.22. The normalized spacial score (nSPS) is 12.2. The summed E-state index contributed by atoms with van der Waals surface area (Å²) in [7, 11) is 0. The molecule has 4 heteroatoms. The Bertz CT molecular complexity index is 601. The van der Waals surface area contributed by atoms with E-state index in [1.54, 1.807) is 6.20 Å². The molecule has 0 radical (unpaired) electrons. The first-order valence-electron chi connectivity index (χ1n) is 7.22. The highest BCUT2D eigenvalue weighted by Crippen LogP contribution is 2.27. The quantitative estimate of drug-likeness (QED) is 0.871. The SMILES string of the molecule is CCNC(c1cncc(OCC)c1)c1ccc(Cl)c(C)c1. The summed E-state index contributed by atoms with van der Waals surface area (Å²) in [4.78, 5) is 4.28. The summed E-state index contributed by atoms with van der Waals surface area (Å²) in [6.45, 7) is 7.58. The van der Waals surface area contributed by atoms with Gasteiger partial charge < -0.3 is 10.1 Å². The van der Waals surface area contributed by atoms with Crippen molar-refractivity contribution >= 4 is 11.6 Å². The summed E-state index contributed by atoms with van der Waals surface area (Å²) < 4.78 is 5.54. The second kappa shape index (κ2) is 7.43. The van der Waals surface area contributed by atoms with Crippen LogP contribution < -0.4 is 10.1 Å². The third-order valence-corrected chi connectivity index (χ3v) is 3.73. The Hall–Kier alpha value is -1.58. The average Bonchev–Trinajstić information content (AvgIpc) is 2.48. The highest BCUT2D eigenvalue weighted by Gasteiger charge is 2.15. The van der Waals surface area contributed by atoms with Gasteiger partial charge in [-0.05, 0) is 49.2 Å². The van der Waals surface area contributed by atoms with Gasteiger partial charge in [-0.15, -0.1) is 0 Å². The number of halogens is 1. The fourth-order valence-corrected chi connectivity index (χ4v) is 2.44. The van der Waals surface area contributed by atoms with Gasteiger partial charge in [0.2, 0.25) is 0 Å². The van der Waals surface area contributed by atoms with Crippen LogP contribution in [0, 0.1) is 6.92 Å². The monoisotopic (exact) mass is 304 g/mol. The molecule has 0 aliphatic heterocycles. The standard InChI is InChI=1S/C17H21ClN2O/c1-4-20-17(13-6-7-16(18)12(3)8-13)14-9-15(21-5-2)11-19-10-14/h6-11,17,20H,4-5H2,1-3H3. The number of rotatable bonds is 6. The Labute approximate surface area is 131 Å². The maximum absolute atomic E-state index is 6.12. The first-order valence-corrected chi connectivity index (χ1v) is 7.60. The van der Waals surface area contributed by atoms with Gasteiger partial charge in [-0.3, -0.25) is 4.98 Å². The third-order valence-electron chi connectivity index (χ3n) is 3.30. The maximum Gasteiger partial charge on any atom is 0.137 e. The summed E-state index contributed by atoms with van der Waals surface area (Å²) in [5, 5.41) is 4.28. The molecule has 21 heavy (non-hydrogen) atoms. The number of ether oxygens (including phenoxy) is 1. The van der Waals surface area contributed by atoms with Gasteiger partial charge in [0.1, 0.15) is 5.75 Å². The average molecular weight is 305 g/mol. The van der Waals surface area contributed by atoms with Crippen molar-refractivity contribution in [2.45, 2.75) is 26.8 Å². The van der Waals surface area contributed by atoms with Crippen LogP contribution in [-0.2, 0) is 0 Å². The second-order valence-corrected chi connectivity index (χ2v) is 5.29. The molecule has 1 aromatic carbocycles. The van der Waals surface area contributed by atoms with E-state index in [2.05, 4.69) is 29.4 Å². The van der Waals surface area contributed by atoms with Crippen LogP contribution in [0.4, 0.5) is 0 Å². The van der Waals surface area contributed by atoms with Crippen molar-refractivity contribution in [3.05, 3.63) is 58.4 Å². The molecule has 0 spiro atoms. The molecular weight excluding hydrogens is 284 g/mol. The van der Waals surface area contributed by atoms with Gasteiger partial charge >= 0.3 is 0 Å². The van der Waals surface area contributed by atoms with Crippen LogP contribution in [0.5, 0.6) is 5.75 Å². The predicted molar refractivity (Wildman–Crippen MR) is 87.1 cm³/mol. The molecule has 0 saturated heterocycles. The van der Waals surface area contributed by atoms with E-state index < -0.39 is 0 Å². The minimum absolute atomic E-state index is 0.0823. The molecule has 0 fully saturated rings. The molecule has 1 aromatic heterocycles. The molecule has 3 nitrogen and oxygen atoms in total. The van der Waals surface area contributed by atoms with Crippen molar-refractivity contribution in [2.24, 2.45) is 0 Å². The van der Waals surface area contributed by atoms with E-state index >= 15 is 0 Å². The van der Waals surface area contributed by atoms with Gasteiger partial charge in [-0.1, -0.05) is 30.7 Å². The van der Waals surface area contributed by atoms with Crippen LogP contribution in [0.3, 0.4) is 0 Å². The van der Waals surface area contributed by atoms with Crippen LogP contribution >= 0.6 is 11.6 Å². The van der Waals surface area contributed by atoms with Gasteiger partial charge in [-0.2, -0.15) is 0 Å². The van der Waals surface area contributed by atoms with E-state index in [-0.39, 0.29) is 6.04 Å². The number of aryl methyl sites for hydroxylation is 1. The van der Waals surface area contributed by atoms with E-state index in [0.29, 0.717) is 6.61 Å². The number of benzene rings is 1. The molecule has 0 bridgehead atoms. The van der Waals surface area contributed by atoms with Gasteiger partial charge in [0.15, 0.2) is 0 Å². The van der Waals surface area contributed by atoms with Crippen molar-refractivity contribution < 1.29 is 4.74 Å². The number of nitrogens with one attached hydrogen (secondary N) is 1. The summed E-state index contributed by atoms with van der Waals surface area (Å²) in [5.41, 5.74) is 3.34. The zero-order valence-electron chi connectivity index (χ0n) is 12.7. The molecule has 0 aliphatic rings. The Balaban J connectivity index is 2.37. The van der Waals surface area contributed by atoms with E-state index in [1.165, 1.54) is 5.56 Å². The Kier molecular flexibility index (Phi) is 5.59. The number of pyridine rings is 1. The zero-order chi connectivity index (χ0) is 15.2. The lowest BCUT2D eigenvalue weighted by Gasteiger charge is -2.20. The van der Waals surface area contributed by atoms with Gasteiger partial charge in [0.05, 0.1) is 18.8 Å². The Morgan fingerprint density at radius 1 is 1.19 bits per heavy atom. The molecule has 0 saturated carbocycles. The smallest absolute Gasteiger partial charge is 0.137 e. The van der Waals surface area contributed by atoms with Crippen LogP contribution in [0.1, 0.15) is 36.6 Å². The molecule has 1 N–H and O–H groups in total. The fraction of sp³-hybridized carbons (Fsp3) is 0.353. The number of nitrogens with zero attached hydrogens (tertiary/aromatic N) is 1. The van der Waals surface area contributed by atoms with Crippen LogP contribution in [0.2, 0.25) is 5.02 Å². The Morgan fingerprint density at radius 3 is 2.67 bits per heavy atom. The van der Waals surface area contributed by atoms with Crippen LogP contribution in [0.15, 0.2) is 36.7 Å². The van der Waals surface area contributed by atoms with Gasteiger partial charge in [-0.25, -0.2) is 0 Å². The van der Waals surface area contributed by atoms with Crippen molar-refractivity contribution in [1.29, 1.82) is 0 Å². The molecule has 0 aliphatic carbocycles. The van der Waals surface area contributed by atoms with Crippen molar-refractivity contribution in [3.8, 4) is 5.75 Å². The van der Waals surface area contributed by atoms with Crippen LogP contribution in [-0.4, -0.2) is 18.1 Å². The minimum Gasteiger partial charge on any atom is -0.492 e. The molecule has 1 atom stereocenters. The first-order chi connectivity index (χ1) is 10.2. The second-order valence-electron chi connectivity index (χ2n) is 4.89.